The topological polar surface area (TPSA) is 33.2 Å². The number of hydrogen-bond acceptors (Lipinski definition) is 2. The molecule has 0 fully saturated rings. The van der Waals surface area contributed by atoms with Gasteiger partial charge in [-0.1, -0.05) is 0 Å². The minimum absolute atomic E-state index is 0.00523. The Balaban J connectivity index is 2.82. The molecule has 1 amide bonds. The van der Waals surface area contributed by atoms with Crippen LogP contribution in [0.15, 0.2) is 18.5 Å². The van der Waals surface area contributed by atoms with Crippen LogP contribution in [0, 0.1) is 6.92 Å². The van der Waals surface area contributed by atoms with Gasteiger partial charge in [0.1, 0.15) is 0 Å². The average molecular weight is 227 g/mol. The van der Waals surface area contributed by atoms with Crippen LogP contribution in [-0.2, 0) is 0 Å². The molecule has 0 aromatic carbocycles. The number of alkyl halides is 1. The second-order valence-corrected chi connectivity index (χ2v) is 3.70. The van der Waals surface area contributed by atoms with Crippen LogP contribution in [0.3, 0.4) is 0 Å². The molecule has 4 heteroatoms. The first-order valence-corrected chi connectivity index (χ1v) is 5.49. The van der Waals surface area contributed by atoms with Crippen LogP contribution < -0.4 is 0 Å². The Hall–Kier alpha value is -1.09. The lowest BCUT2D eigenvalue weighted by atomic mass is 10.2. The fourth-order valence-electron chi connectivity index (χ4n) is 1.36. The maximum absolute atomic E-state index is 11.9. The lowest BCUT2D eigenvalue weighted by Gasteiger charge is -2.19. The average Bonchev–Trinajstić information content (AvgIpc) is 2.25. The summed E-state index contributed by atoms with van der Waals surface area (Å²) in [5.41, 5.74) is 1.62. The van der Waals surface area contributed by atoms with Gasteiger partial charge in [-0.25, -0.2) is 0 Å². The van der Waals surface area contributed by atoms with Crippen molar-refractivity contribution < 1.29 is 4.79 Å². The zero-order chi connectivity index (χ0) is 11.3. The van der Waals surface area contributed by atoms with Gasteiger partial charge in [0.25, 0.3) is 5.91 Å². The van der Waals surface area contributed by atoms with Gasteiger partial charge in [-0.15, -0.1) is 11.6 Å². The largest absolute Gasteiger partial charge is 0.338 e. The number of pyridine rings is 1. The van der Waals surface area contributed by atoms with Crippen molar-refractivity contribution >= 4 is 17.5 Å². The summed E-state index contributed by atoms with van der Waals surface area (Å²) in [5, 5.41) is 0. The number of rotatable bonds is 4. The van der Waals surface area contributed by atoms with E-state index in [2.05, 4.69) is 4.98 Å². The van der Waals surface area contributed by atoms with Crippen LogP contribution in [-0.4, -0.2) is 34.8 Å². The molecule has 3 nitrogen and oxygen atoms in total. The Morgan fingerprint density at radius 3 is 2.80 bits per heavy atom. The molecule has 0 unspecified atom stereocenters. The highest BCUT2D eigenvalue weighted by atomic mass is 35.5. The molecule has 1 aromatic rings. The van der Waals surface area contributed by atoms with E-state index >= 15 is 0 Å². The summed E-state index contributed by atoms with van der Waals surface area (Å²) >= 11 is 5.63. The van der Waals surface area contributed by atoms with Crippen molar-refractivity contribution in [2.75, 3.05) is 19.0 Å². The molecular formula is C11H15ClN2O. The van der Waals surface area contributed by atoms with E-state index in [1.54, 1.807) is 17.3 Å². The molecule has 82 valence electrons. The fourth-order valence-corrected chi connectivity index (χ4v) is 1.56. The second-order valence-electron chi connectivity index (χ2n) is 3.32. The minimum atomic E-state index is -0.00523. The zero-order valence-corrected chi connectivity index (χ0v) is 9.79. The molecule has 1 rings (SSSR count). The third kappa shape index (κ3) is 3.20. The molecule has 0 saturated carbocycles. The quantitative estimate of drug-likeness (QED) is 0.737. The summed E-state index contributed by atoms with van der Waals surface area (Å²) in [6.07, 6.45) is 3.32. The normalized spacial score (nSPS) is 10.1. The molecule has 1 heterocycles. The number of hydrogen-bond donors (Lipinski definition) is 0. The van der Waals surface area contributed by atoms with Gasteiger partial charge in [0, 0.05) is 31.4 Å². The van der Waals surface area contributed by atoms with E-state index in [0.29, 0.717) is 24.5 Å². The van der Waals surface area contributed by atoms with Crippen molar-refractivity contribution in [3.63, 3.8) is 0 Å². The zero-order valence-electron chi connectivity index (χ0n) is 9.03. The molecule has 0 N–H and O–H groups in total. The number of aromatic nitrogens is 1. The highest BCUT2D eigenvalue weighted by molar-refractivity contribution is 6.18. The maximum atomic E-state index is 11.9. The van der Waals surface area contributed by atoms with E-state index in [4.69, 9.17) is 11.6 Å². The molecule has 0 atom stereocenters. The molecule has 0 bridgehead atoms. The third-order valence-electron chi connectivity index (χ3n) is 2.15. The lowest BCUT2D eigenvalue weighted by Crippen LogP contribution is -2.32. The van der Waals surface area contributed by atoms with Gasteiger partial charge in [0.05, 0.1) is 5.56 Å². The molecule has 0 spiro atoms. The van der Waals surface area contributed by atoms with Gasteiger partial charge in [0.15, 0.2) is 0 Å². The van der Waals surface area contributed by atoms with Crippen molar-refractivity contribution in [1.29, 1.82) is 0 Å². The minimum Gasteiger partial charge on any atom is -0.338 e. The first kappa shape index (κ1) is 12.0. The Morgan fingerprint density at radius 1 is 1.53 bits per heavy atom. The number of amides is 1. The standard InChI is InChI=1S/C11H15ClN2O/c1-3-14(5-4-12)11(15)10-6-9(2)7-13-8-10/h6-8H,3-5H2,1-2H3. The fraction of sp³-hybridized carbons (Fsp3) is 0.455. The summed E-state index contributed by atoms with van der Waals surface area (Å²) in [6, 6.07) is 1.84. The van der Waals surface area contributed by atoms with Crippen molar-refractivity contribution in [3.05, 3.63) is 29.6 Å². The van der Waals surface area contributed by atoms with Gasteiger partial charge in [-0.05, 0) is 25.5 Å². The highest BCUT2D eigenvalue weighted by Gasteiger charge is 2.13. The smallest absolute Gasteiger partial charge is 0.255 e. The van der Waals surface area contributed by atoms with Crippen LogP contribution in [0.25, 0.3) is 0 Å². The summed E-state index contributed by atoms with van der Waals surface area (Å²) < 4.78 is 0. The third-order valence-corrected chi connectivity index (χ3v) is 2.31. The Kier molecular flexibility index (Phi) is 4.56. The van der Waals surface area contributed by atoms with Gasteiger partial charge < -0.3 is 4.90 Å². The second kappa shape index (κ2) is 5.71. The summed E-state index contributed by atoms with van der Waals surface area (Å²) in [4.78, 5) is 17.7. The van der Waals surface area contributed by atoms with Crippen molar-refractivity contribution in [3.8, 4) is 0 Å². The molecule has 0 aliphatic rings. The molecule has 0 aliphatic carbocycles. The first-order chi connectivity index (χ1) is 7.19. The van der Waals surface area contributed by atoms with Crippen LogP contribution in [0.1, 0.15) is 22.8 Å². The van der Waals surface area contributed by atoms with E-state index in [1.807, 2.05) is 19.9 Å². The maximum Gasteiger partial charge on any atom is 0.255 e. The van der Waals surface area contributed by atoms with Gasteiger partial charge in [-0.3, -0.25) is 9.78 Å². The highest BCUT2D eigenvalue weighted by Crippen LogP contribution is 2.06. The van der Waals surface area contributed by atoms with Crippen molar-refractivity contribution in [1.82, 2.24) is 9.88 Å². The van der Waals surface area contributed by atoms with Crippen LogP contribution >= 0.6 is 11.6 Å². The summed E-state index contributed by atoms with van der Waals surface area (Å²) in [6.45, 7) is 5.10. The summed E-state index contributed by atoms with van der Waals surface area (Å²) in [7, 11) is 0. The number of carbonyl (C=O) groups excluding carboxylic acids is 1. The monoisotopic (exact) mass is 226 g/mol. The SMILES string of the molecule is CCN(CCCl)C(=O)c1cncc(C)c1. The predicted octanol–water partition coefficient (Wildman–Crippen LogP) is 2.09. The molecule has 15 heavy (non-hydrogen) atoms. The number of halogens is 1. The molecule has 1 aromatic heterocycles. The Labute approximate surface area is 95.1 Å². The summed E-state index contributed by atoms with van der Waals surface area (Å²) in [5.74, 6) is 0.452. The van der Waals surface area contributed by atoms with Crippen molar-refractivity contribution in [2.24, 2.45) is 0 Å². The number of carbonyl (C=O) groups is 1. The lowest BCUT2D eigenvalue weighted by molar-refractivity contribution is 0.0773. The molecule has 0 radical (unpaired) electrons. The van der Waals surface area contributed by atoms with Gasteiger partial charge >= 0.3 is 0 Å². The number of nitrogens with zero attached hydrogens (tertiary/aromatic N) is 2. The Morgan fingerprint density at radius 2 is 2.27 bits per heavy atom. The molecule has 0 saturated heterocycles. The van der Waals surface area contributed by atoms with Crippen LogP contribution in [0.5, 0.6) is 0 Å². The van der Waals surface area contributed by atoms with E-state index in [-0.39, 0.29) is 5.91 Å². The number of aryl methyl sites for hydroxylation is 1. The van der Waals surface area contributed by atoms with E-state index in [0.717, 1.165) is 5.56 Å². The van der Waals surface area contributed by atoms with E-state index in [1.165, 1.54) is 0 Å². The van der Waals surface area contributed by atoms with Crippen molar-refractivity contribution in [2.45, 2.75) is 13.8 Å². The predicted molar refractivity (Wildman–Crippen MR) is 61.3 cm³/mol. The van der Waals surface area contributed by atoms with E-state index < -0.39 is 0 Å². The van der Waals surface area contributed by atoms with Gasteiger partial charge in [0.2, 0.25) is 0 Å². The molecular weight excluding hydrogens is 212 g/mol. The van der Waals surface area contributed by atoms with Gasteiger partial charge in [-0.2, -0.15) is 0 Å². The van der Waals surface area contributed by atoms with Crippen LogP contribution in [0.4, 0.5) is 0 Å². The first-order valence-electron chi connectivity index (χ1n) is 4.96. The van der Waals surface area contributed by atoms with E-state index in [9.17, 15) is 4.79 Å². The molecule has 0 aliphatic heterocycles. The van der Waals surface area contributed by atoms with Crippen LogP contribution in [0.2, 0.25) is 0 Å². The Bertz CT molecular complexity index is 341.